The third-order valence-corrected chi connectivity index (χ3v) is 2.29. The normalized spacial score (nSPS) is 8.46. The van der Waals surface area contributed by atoms with E-state index in [1.807, 2.05) is 40.8 Å². The summed E-state index contributed by atoms with van der Waals surface area (Å²) >= 11 is 0. The molecule has 0 aromatic carbocycles. The highest BCUT2D eigenvalue weighted by atomic mass is 14.7. The third kappa shape index (κ3) is 104. The molecule has 0 saturated heterocycles. The van der Waals surface area contributed by atoms with E-state index in [0.29, 0.717) is 0 Å². The average molecular weight is 342 g/mol. The molecule has 0 aromatic heterocycles. The Morgan fingerprint density at radius 3 is 1.25 bits per heavy atom. The second-order valence-corrected chi connectivity index (χ2v) is 4.41. The van der Waals surface area contributed by atoms with Crippen LogP contribution in [0, 0.1) is 12.8 Å². The predicted molar refractivity (Wildman–Crippen MR) is 121 cm³/mol. The summed E-state index contributed by atoms with van der Waals surface area (Å²) in [4.78, 5) is 4.09. The lowest BCUT2D eigenvalue weighted by Crippen LogP contribution is -1.76. The van der Waals surface area contributed by atoms with Crippen molar-refractivity contribution in [1.29, 1.82) is 0 Å². The molecule has 1 nitrogen and oxygen atoms in total. The second kappa shape index (κ2) is 67.4. The first-order valence-corrected chi connectivity index (χ1v) is 10.1. The topological polar surface area (TPSA) is 12.4 Å². The minimum Gasteiger partial charge on any atom is -0.293 e. The van der Waals surface area contributed by atoms with Gasteiger partial charge in [-0.1, -0.05) is 100.0 Å². The monoisotopic (exact) mass is 341 g/mol. The molecular weight excluding hydrogens is 290 g/mol. The van der Waals surface area contributed by atoms with Gasteiger partial charge in [0.05, 0.1) is 0 Å². The molecule has 0 radical (unpaired) electrons. The molecular formula is C23H51N. The first-order chi connectivity index (χ1) is 11.6. The molecule has 0 bridgehead atoms. The van der Waals surface area contributed by atoms with Gasteiger partial charge in [0, 0.05) is 12.8 Å². The highest BCUT2D eigenvalue weighted by molar-refractivity contribution is 5.71. The van der Waals surface area contributed by atoms with Gasteiger partial charge in [0.25, 0.3) is 0 Å². The molecule has 0 rings (SSSR count). The van der Waals surface area contributed by atoms with Gasteiger partial charge in [0.1, 0.15) is 0 Å². The molecule has 0 unspecified atom stereocenters. The van der Waals surface area contributed by atoms with Crippen molar-refractivity contribution in [3.63, 3.8) is 0 Å². The van der Waals surface area contributed by atoms with Crippen LogP contribution in [0.15, 0.2) is 16.6 Å². The zero-order valence-electron chi connectivity index (χ0n) is 19.2. The molecule has 0 aliphatic carbocycles. The summed E-state index contributed by atoms with van der Waals surface area (Å²) in [6.45, 7) is 24.0. The molecule has 0 saturated carbocycles. The molecule has 24 heavy (non-hydrogen) atoms. The summed E-state index contributed by atoms with van der Waals surface area (Å²) < 4.78 is 0. The fraction of sp³-hybridized carbons (Fsp3) is 0.783. The molecule has 0 atom stereocenters. The SMILES string of the molecule is C#C.CC.CC.CCC/C(C)=C/C=NCC.CCCC.CCCC. The molecule has 148 valence electrons. The fourth-order valence-electron chi connectivity index (χ4n) is 0.763. The van der Waals surface area contributed by atoms with E-state index in [2.05, 4.69) is 65.5 Å². The third-order valence-electron chi connectivity index (χ3n) is 2.29. The molecule has 0 heterocycles. The average Bonchev–Trinajstić information content (AvgIpc) is 2.67. The smallest absolute Gasteiger partial charge is 0.0360 e. The van der Waals surface area contributed by atoms with Gasteiger partial charge in [-0.2, -0.15) is 0 Å². The van der Waals surface area contributed by atoms with E-state index in [-0.39, 0.29) is 0 Å². The summed E-state index contributed by atoms with van der Waals surface area (Å²) in [6.07, 6.45) is 19.7. The molecule has 0 amide bonds. The van der Waals surface area contributed by atoms with Gasteiger partial charge in [-0.3, -0.25) is 4.99 Å². The van der Waals surface area contributed by atoms with Crippen molar-refractivity contribution < 1.29 is 0 Å². The Bertz CT molecular complexity index is 191. The Balaban J connectivity index is -0.0000000486. The van der Waals surface area contributed by atoms with Crippen LogP contribution in [-0.2, 0) is 0 Å². The van der Waals surface area contributed by atoms with Gasteiger partial charge in [-0.05, 0) is 26.3 Å². The number of terminal acetylenes is 1. The Hall–Kier alpha value is -1.03. The molecule has 0 aliphatic rings. The first-order valence-electron chi connectivity index (χ1n) is 10.1. The summed E-state index contributed by atoms with van der Waals surface area (Å²) in [5, 5.41) is 0. The summed E-state index contributed by atoms with van der Waals surface area (Å²) in [5.74, 6) is 0. The highest BCUT2D eigenvalue weighted by Crippen LogP contribution is 2.00. The molecule has 0 fully saturated rings. The van der Waals surface area contributed by atoms with E-state index < -0.39 is 0 Å². The van der Waals surface area contributed by atoms with E-state index in [9.17, 15) is 0 Å². The van der Waals surface area contributed by atoms with Gasteiger partial charge in [0.15, 0.2) is 0 Å². The molecule has 0 N–H and O–H groups in total. The number of unbranched alkanes of at least 4 members (excludes halogenated alkanes) is 2. The number of hydrogen-bond acceptors (Lipinski definition) is 1. The predicted octanol–water partition coefficient (Wildman–Crippen LogP) is 8.74. The molecule has 1 heteroatoms. The number of aliphatic imine (C=N–C) groups is 1. The minimum absolute atomic E-state index is 0.885. The van der Waals surface area contributed by atoms with Crippen LogP contribution in [0.3, 0.4) is 0 Å². The van der Waals surface area contributed by atoms with Crippen molar-refractivity contribution in [1.82, 2.24) is 0 Å². The standard InChI is InChI=1S/C9H17N.2C4H10.2C2H6.C2H2/c1-4-6-9(3)7-8-10-5-2;2*1-3-4-2;3*1-2/h7-8H,4-6H2,1-3H3;2*3-4H2,1-2H3;2*1-2H3;1-2H/b9-7+,10-8?;;;;;. The quantitative estimate of drug-likeness (QED) is 0.338. The van der Waals surface area contributed by atoms with Gasteiger partial charge < -0.3 is 0 Å². The van der Waals surface area contributed by atoms with Crippen LogP contribution < -0.4 is 0 Å². The largest absolute Gasteiger partial charge is 0.293 e. The summed E-state index contributed by atoms with van der Waals surface area (Å²) in [6, 6.07) is 0. The maximum atomic E-state index is 4.09. The Kier molecular flexibility index (Phi) is 108. The van der Waals surface area contributed by atoms with E-state index >= 15 is 0 Å². The number of hydrogen-bond donors (Lipinski definition) is 0. The molecule has 0 spiro atoms. The van der Waals surface area contributed by atoms with Gasteiger partial charge in [-0.25, -0.2) is 0 Å². The van der Waals surface area contributed by atoms with Crippen molar-refractivity contribution in [2.45, 2.75) is 115 Å². The van der Waals surface area contributed by atoms with E-state index in [0.717, 1.165) is 6.54 Å². The Labute approximate surface area is 157 Å². The maximum absolute atomic E-state index is 4.09. The molecule has 0 aliphatic heterocycles. The van der Waals surface area contributed by atoms with E-state index in [1.54, 1.807) is 0 Å². The number of nitrogens with zero attached hydrogens (tertiary/aromatic N) is 1. The van der Waals surface area contributed by atoms with Crippen LogP contribution in [-0.4, -0.2) is 12.8 Å². The van der Waals surface area contributed by atoms with Crippen LogP contribution in [0.1, 0.15) is 115 Å². The lowest BCUT2D eigenvalue weighted by Gasteiger charge is -1.92. The molecule has 0 aromatic rings. The van der Waals surface area contributed by atoms with Gasteiger partial charge in [-0.15, -0.1) is 12.8 Å². The highest BCUT2D eigenvalue weighted by Gasteiger charge is 1.82. The Morgan fingerprint density at radius 2 is 1.04 bits per heavy atom. The van der Waals surface area contributed by atoms with Gasteiger partial charge >= 0.3 is 0 Å². The lowest BCUT2D eigenvalue weighted by atomic mass is 10.2. The van der Waals surface area contributed by atoms with E-state index in [4.69, 9.17) is 0 Å². The van der Waals surface area contributed by atoms with Gasteiger partial charge in [0.2, 0.25) is 0 Å². The van der Waals surface area contributed by atoms with Crippen LogP contribution >= 0.6 is 0 Å². The second-order valence-electron chi connectivity index (χ2n) is 4.41. The van der Waals surface area contributed by atoms with E-state index in [1.165, 1.54) is 44.1 Å². The zero-order chi connectivity index (χ0) is 20.6. The number of allylic oxidation sites excluding steroid dienone is 2. The Morgan fingerprint density at radius 1 is 0.708 bits per heavy atom. The van der Waals surface area contributed by atoms with Crippen molar-refractivity contribution >= 4 is 6.21 Å². The number of rotatable bonds is 6. The van der Waals surface area contributed by atoms with Crippen molar-refractivity contribution in [2.24, 2.45) is 4.99 Å². The summed E-state index contributed by atoms with van der Waals surface area (Å²) in [7, 11) is 0. The van der Waals surface area contributed by atoms with Crippen LogP contribution in [0.25, 0.3) is 0 Å². The van der Waals surface area contributed by atoms with Crippen molar-refractivity contribution in [3.05, 3.63) is 11.6 Å². The minimum atomic E-state index is 0.885. The maximum Gasteiger partial charge on any atom is 0.0360 e. The van der Waals surface area contributed by atoms with Crippen LogP contribution in [0.2, 0.25) is 0 Å². The fourth-order valence-corrected chi connectivity index (χ4v) is 0.763. The van der Waals surface area contributed by atoms with Crippen LogP contribution in [0.4, 0.5) is 0 Å². The summed E-state index contributed by atoms with van der Waals surface area (Å²) in [5.41, 5.74) is 1.42. The zero-order valence-corrected chi connectivity index (χ0v) is 19.2. The first kappa shape index (κ1) is 38.5. The lowest BCUT2D eigenvalue weighted by molar-refractivity contribution is 0.886. The van der Waals surface area contributed by atoms with Crippen molar-refractivity contribution in [2.75, 3.05) is 6.54 Å². The van der Waals surface area contributed by atoms with Crippen molar-refractivity contribution in [3.8, 4) is 12.8 Å². The van der Waals surface area contributed by atoms with Crippen LogP contribution in [0.5, 0.6) is 0 Å².